The molecule has 1 unspecified atom stereocenters. The second-order valence-electron chi connectivity index (χ2n) is 10.5. The molecule has 0 saturated heterocycles. The number of carboxylic acids is 1. The smallest absolute Gasteiger partial charge is 0.337 e. The minimum atomic E-state index is -1.17. The topological polar surface area (TPSA) is 66.8 Å². The van der Waals surface area contributed by atoms with Crippen molar-refractivity contribution in [3.63, 3.8) is 0 Å². The molecule has 3 aromatic rings. The summed E-state index contributed by atoms with van der Waals surface area (Å²) in [6.45, 7) is 12.2. The Balaban J connectivity index is 1.88. The molecule has 3 aromatic carbocycles. The summed E-state index contributed by atoms with van der Waals surface area (Å²) in [6.07, 6.45) is -1.17. The quantitative estimate of drug-likeness (QED) is 0.443. The molecule has 5 nitrogen and oxygen atoms in total. The normalized spacial score (nSPS) is 14.0. The summed E-state index contributed by atoms with van der Waals surface area (Å²) in [5.74, 6) is -1.64. The SMILES string of the molecule is Cc1ccc(-c2c(C)c3c(c(C)c2C(OC(C)(C)C)C(=O)O)CN(C(=O)c2ccc(F)cc2)C3)cc1. The minimum Gasteiger partial charge on any atom is -0.479 e. The van der Waals surface area contributed by atoms with Crippen LogP contribution in [-0.2, 0) is 22.6 Å². The van der Waals surface area contributed by atoms with E-state index in [1.165, 1.54) is 24.3 Å². The van der Waals surface area contributed by atoms with E-state index in [9.17, 15) is 19.1 Å². The standard InChI is InChI=1S/C30H32FNO4/c1-17-7-9-20(10-8-17)25-18(2)23-15-32(28(33)21-11-13-22(31)14-12-21)16-24(23)19(3)26(25)27(29(34)35)36-30(4,5)6/h7-14,27H,15-16H2,1-6H3,(H,34,35). The maximum absolute atomic E-state index is 13.4. The molecule has 0 radical (unpaired) electrons. The molecule has 0 spiro atoms. The molecule has 0 saturated carbocycles. The van der Waals surface area contributed by atoms with Crippen LogP contribution in [0.15, 0.2) is 48.5 Å². The lowest BCUT2D eigenvalue weighted by molar-refractivity contribution is -0.160. The van der Waals surface area contributed by atoms with Crippen LogP contribution in [0.4, 0.5) is 4.39 Å². The van der Waals surface area contributed by atoms with E-state index in [-0.39, 0.29) is 5.91 Å². The van der Waals surface area contributed by atoms with E-state index < -0.39 is 23.5 Å². The summed E-state index contributed by atoms with van der Waals surface area (Å²) in [6, 6.07) is 13.5. The van der Waals surface area contributed by atoms with Gasteiger partial charge in [0.2, 0.25) is 0 Å². The number of hydrogen-bond donors (Lipinski definition) is 1. The fourth-order valence-electron chi connectivity index (χ4n) is 4.95. The number of ether oxygens (including phenoxy) is 1. The zero-order valence-corrected chi connectivity index (χ0v) is 21.6. The fourth-order valence-corrected chi connectivity index (χ4v) is 4.95. The lowest BCUT2D eigenvalue weighted by atomic mass is 9.83. The van der Waals surface area contributed by atoms with Crippen molar-refractivity contribution in [3.05, 3.63) is 93.3 Å². The molecule has 0 aliphatic carbocycles. The highest BCUT2D eigenvalue weighted by Crippen LogP contribution is 2.43. The zero-order valence-electron chi connectivity index (χ0n) is 21.6. The Labute approximate surface area is 211 Å². The molecule has 1 heterocycles. The lowest BCUT2D eigenvalue weighted by Crippen LogP contribution is -2.28. The van der Waals surface area contributed by atoms with Gasteiger partial charge in [-0.05, 0) is 99.2 Å². The van der Waals surface area contributed by atoms with Crippen LogP contribution in [0.3, 0.4) is 0 Å². The van der Waals surface area contributed by atoms with Crippen molar-refractivity contribution in [2.45, 2.75) is 66.3 Å². The molecule has 1 aliphatic heterocycles. The molecule has 1 aliphatic rings. The number of nitrogens with zero attached hydrogens (tertiary/aromatic N) is 1. The first-order valence-corrected chi connectivity index (χ1v) is 12.0. The van der Waals surface area contributed by atoms with Gasteiger partial charge in [0.05, 0.1) is 5.60 Å². The van der Waals surface area contributed by atoms with Crippen molar-refractivity contribution >= 4 is 11.9 Å². The molecular formula is C30H32FNO4. The molecule has 1 N–H and O–H groups in total. The van der Waals surface area contributed by atoms with E-state index in [4.69, 9.17) is 4.74 Å². The van der Waals surface area contributed by atoms with Crippen LogP contribution in [0.25, 0.3) is 11.1 Å². The van der Waals surface area contributed by atoms with Gasteiger partial charge in [-0.3, -0.25) is 4.79 Å². The van der Waals surface area contributed by atoms with Crippen LogP contribution in [0, 0.1) is 26.6 Å². The number of halogens is 1. The Kier molecular flexibility index (Phi) is 6.76. The van der Waals surface area contributed by atoms with Crippen LogP contribution in [0.5, 0.6) is 0 Å². The van der Waals surface area contributed by atoms with E-state index in [1.54, 1.807) is 4.90 Å². The maximum atomic E-state index is 13.4. The van der Waals surface area contributed by atoms with Gasteiger partial charge in [0.15, 0.2) is 6.10 Å². The van der Waals surface area contributed by atoms with Gasteiger partial charge in [0.25, 0.3) is 5.91 Å². The second kappa shape index (κ2) is 9.51. The van der Waals surface area contributed by atoms with Crippen LogP contribution in [0.2, 0.25) is 0 Å². The third-order valence-electron chi connectivity index (χ3n) is 6.69. The average molecular weight is 490 g/mol. The third kappa shape index (κ3) is 4.91. The van der Waals surface area contributed by atoms with Gasteiger partial charge < -0.3 is 14.7 Å². The molecule has 36 heavy (non-hydrogen) atoms. The van der Waals surface area contributed by atoms with Gasteiger partial charge in [-0.15, -0.1) is 0 Å². The first-order valence-electron chi connectivity index (χ1n) is 12.0. The number of carboxylic acid groups (broad SMARTS) is 1. The van der Waals surface area contributed by atoms with E-state index >= 15 is 0 Å². The van der Waals surface area contributed by atoms with Gasteiger partial charge in [-0.1, -0.05) is 29.8 Å². The molecule has 4 rings (SSSR count). The summed E-state index contributed by atoms with van der Waals surface area (Å²) in [7, 11) is 0. The lowest BCUT2D eigenvalue weighted by Gasteiger charge is -2.29. The first-order chi connectivity index (χ1) is 16.9. The number of hydrogen-bond acceptors (Lipinski definition) is 3. The number of carbonyl (C=O) groups is 2. The minimum absolute atomic E-state index is 0.191. The van der Waals surface area contributed by atoms with E-state index in [0.717, 1.165) is 38.9 Å². The molecular weight excluding hydrogens is 457 g/mol. The highest BCUT2D eigenvalue weighted by atomic mass is 19.1. The summed E-state index contributed by atoms with van der Waals surface area (Å²) >= 11 is 0. The Morgan fingerprint density at radius 1 is 0.917 bits per heavy atom. The van der Waals surface area contributed by atoms with Crippen molar-refractivity contribution in [1.29, 1.82) is 0 Å². The average Bonchev–Trinajstić information content (AvgIpc) is 3.26. The zero-order chi connectivity index (χ0) is 26.4. The highest BCUT2D eigenvalue weighted by Gasteiger charge is 2.36. The number of fused-ring (bicyclic) bond motifs is 1. The van der Waals surface area contributed by atoms with Gasteiger partial charge in [0, 0.05) is 24.2 Å². The highest BCUT2D eigenvalue weighted by molar-refractivity contribution is 5.95. The number of carbonyl (C=O) groups excluding carboxylic acids is 1. The number of aliphatic carboxylic acids is 1. The Hall–Kier alpha value is -3.51. The first kappa shape index (κ1) is 25.6. The molecule has 6 heteroatoms. The van der Waals surface area contributed by atoms with Crippen LogP contribution in [0.1, 0.15) is 70.6 Å². The van der Waals surface area contributed by atoms with E-state index in [0.29, 0.717) is 24.2 Å². The predicted molar refractivity (Wildman–Crippen MR) is 137 cm³/mol. The molecule has 0 aromatic heterocycles. The largest absolute Gasteiger partial charge is 0.479 e. The molecule has 1 atom stereocenters. The van der Waals surface area contributed by atoms with Crippen LogP contribution < -0.4 is 0 Å². The fraction of sp³-hybridized carbons (Fsp3) is 0.333. The maximum Gasteiger partial charge on any atom is 0.337 e. The van der Waals surface area contributed by atoms with Crippen LogP contribution in [-0.4, -0.2) is 27.5 Å². The van der Waals surface area contributed by atoms with E-state index in [2.05, 4.69) is 0 Å². The summed E-state index contributed by atoms with van der Waals surface area (Å²) < 4.78 is 19.5. The molecule has 0 bridgehead atoms. The summed E-state index contributed by atoms with van der Waals surface area (Å²) in [5, 5.41) is 10.3. The predicted octanol–water partition coefficient (Wildman–Crippen LogP) is 6.51. The van der Waals surface area contributed by atoms with Gasteiger partial charge >= 0.3 is 5.97 Å². The van der Waals surface area contributed by atoms with Crippen LogP contribution >= 0.6 is 0 Å². The number of aryl methyl sites for hydroxylation is 1. The molecule has 188 valence electrons. The Bertz CT molecular complexity index is 1320. The van der Waals surface area contributed by atoms with Gasteiger partial charge in [0.1, 0.15) is 5.82 Å². The van der Waals surface area contributed by atoms with Gasteiger partial charge in [-0.25, -0.2) is 9.18 Å². The van der Waals surface area contributed by atoms with Crippen molar-refractivity contribution in [1.82, 2.24) is 4.90 Å². The number of benzene rings is 3. The number of amides is 1. The van der Waals surface area contributed by atoms with E-state index in [1.807, 2.05) is 65.8 Å². The summed E-state index contributed by atoms with van der Waals surface area (Å²) in [4.78, 5) is 27.5. The molecule has 1 amide bonds. The van der Waals surface area contributed by atoms with Crippen molar-refractivity contribution in [3.8, 4) is 11.1 Å². The van der Waals surface area contributed by atoms with Crippen molar-refractivity contribution in [2.75, 3.05) is 0 Å². The Morgan fingerprint density at radius 2 is 1.47 bits per heavy atom. The molecule has 0 fully saturated rings. The van der Waals surface area contributed by atoms with Crippen molar-refractivity contribution < 1.29 is 23.8 Å². The van der Waals surface area contributed by atoms with Crippen molar-refractivity contribution in [2.24, 2.45) is 0 Å². The third-order valence-corrected chi connectivity index (χ3v) is 6.69. The summed E-state index contributed by atoms with van der Waals surface area (Å²) in [5.41, 5.74) is 6.91. The monoisotopic (exact) mass is 489 g/mol. The Morgan fingerprint density at radius 3 is 2.00 bits per heavy atom. The number of rotatable bonds is 5. The van der Waals surface area contributed by atoms with Gasteiger partial charge in [-0.2, -0.15) is 0 Å². The second-order valence-corrected chi connectivity index (χ2v) is 10.5.